The van der Waals surface area contributed by atoms with Crippen molar-refractivity contribution < 1.29 is 18.8 Å². The number of carbonyl (C=O) groups is 1. The summed E-state index contributed by atoms with van der Waals surface area (Å²) < 4.78 is 15.8. The Labute approximate surface area is 163 Å². The Balaban J connectivity index is 1.66. The lowest BCUT2D eigenvalue weighted by atomic mass is 10.1. The standard InChI is InChI=1S/C21H23N3O4/c1-14-5-7-15(8-6-14)11-20(25)24(2)13-19-22-21(23-28-19)16-9-10-17(26-3)18(12-16)27-4/h5-10,12H,11,13H2,1-4H3. The molecule has 1 aromatic heterocycles. The second-order valence-corrected chi connectivity index (χ2v) is 6.49. The molecule has 0 fully saturated rings. The van der Waals surface area contributed by atoms with Gasteiger partial charge < -0.3 is 18.9 Å². The molecular formula is C21H23N3O4. The quantitative estimate of drug-likeness (QED) is 0.625. The summed E-state index contributed by atoms with van der Waals surface area (Å²) in [4.78, 5) is 18.4. The number of hydrogen-bond donors (Lipinski definition) is 0. The molecule has 2 aromatic carbocycles. The summed E-state index contributed by atoms with van der Waals surface area (Å²) in [6.45, 7) is 2.26. The molecule has 0 unspecified atom stereocenters. The molecular weight excluding hydrogens is 358 g/mol. The first kappa shape index (κ1) is 19.4. The summed E-state index contributed by atoms with van der Waals surface area (Å²) in [7, 11) is 4.86. The number of nitrogens with zero attached hydrogens (tertiary/aromatic N) is 3. The van der Waals surface area contributed by atoms with E-state index < -0.39 is 0 Å². The minimum Gasteiger partial charge on any atom is -0.493 e. The highest BCUT2D eigenvalue weighted by atomic mass is 16.5. The fourth-order valence-corrected chi connectivity index (χ4v) is 2.72. The number of aromatic nitrogens is 2. The second kappa shape index (κ2) is 8.56. The Bertz CT molecular complexity index is 951. The van der Waals surface area contributed by atoms with Gasteiger partial charge in [0.15, 0.2) is 11.5 Å². The lowest BCUT2D eigenvalue weighted by molar-refractivity contribution is -0.130. The summed E-state index contributed by atoms with van der Waals surface area (Å²) in [6.07, 6.45) is 0.327. The minimum atomic E-state index is -0.0188. The zero-order valence-electron chi connectivity index (χ0n) is 16.4. The second-order valence-electron chi connectivity index (χ2n) is 6.49. The predicted octanol–water partition coefficient (Wildman–Crippen LogP) is 3.26. The molecule has 1 heterocycles. The van der Waals surface area contributed by atoms with E-state index in [-0.39, 0.29) is 12.5 Å². The van der Waals surface area contributed by atoms with Crippen molar-refractivity contribution in [1.29, 1.82) is 0 Å². The van der Waals surface area contributed by atoms with E-state index in [1.807, 2.05) is 37.3 Å². The number of aryl methyl sites for hydroxylation is 1. The number of amides is 1. The molecule has 28 heavy (non-hydrogen) atoms. The van der Waals surface area contributed by atoms with Crippen molar-refractivity contribution in [2.24, 2.45) is 0 Å². The van der Waals surface area contributed by atoms with Crippen molar-refractivity contribution in [3.05, 3.63) is 59.5 Å². The molecule has 0 aliphatic rings. The average molecular weight is 381 g/mol. The van der Waals surface area contributed by atoms with Crippen LogP contribution in [0.15, 0.2) is 47.0 Å². The summed E-state index contributed by atoms with van der Waals surface area (Å²) in [6, 6.07) is 13.3. The smallest absolute Gasteiger partial charge is 0.246 e. The van der Waals surface area contributed by atoms with Crippen LogP contribution in [-0.2, 0) is 17.8 Å². The van der Waals surface area contributed by atoms with Gasteiger partial charge in [-0.2, -0.15) is 4.98 Å². The molecule has 0 saturated heterocycles. The van der Waals surface area contributed by atoms with Gasteiger partial charge in [-0.25, -0.2) is 0 Å². The van der Waals surface area contributed by atoms with Crippen LogP contribution in [-0.4, -0.2) is 42.2 Å². The zero-order valence-corrected chi connectivity index (χ0v) is 16.4. The van der Waals surface area contributed by atoms with Gasteiger partial charge in [0, 0.05) is 12.6 Å². The zero-order chi connectivity index (χ0) is 20.1. The van der Waals surface area contributed by atoms with Crippen molar-refractivity contribution in [3.63, 3.8) is 0 Å². The third-order valence-electron chi connectivity index (χ3n) is 4.38. The molecule has 0 saturated carbocycles. The largest absolute Gasteiger partial charge is 0.493 e. The van der Waals surface area contributed by atoms with Crippen LogP contribution >= 0.6 is 0 Å². The molecule has 7 heteroatoms. The van der Waals surface area contributed by atoms with Gasteiger partial charge in [0.05, 0.1) is 27.2 Å². The van der Waals surface area contributed by atoms with E-state index in [0.29, 0.717) is 29.6 Å². The Morgan fingerprint density at radius 2 is 1.79 bits per heavy atom. The molecule has 0 spiro atoms. The number of likely N-dealkylation sites (N-methyl/N-ethyl adjacent to an activating group) is 1. The molecule has 0 aliphatic heterocycles. The maximum absolute atomic E-state index is 12.4. The van der Waals surface area contributed by atoms with E-state index in [1.165, 1.54) is 0 Å². The monoisotopic (exact) mass is 381 g/mol. The van der Waals surface area contributed by atoms with E-state index in [0.717, 1.165) is 16.7 Å². The van der Waals surface area contributed by atoms with Crippen LogP contribution in [0.4, 0.5) is 0 Å². The van der Waals surface area contributed by atoms with E-state index in [2.05, 4.69) is 10.1 Å². The molecule has 1 amide bonds. The lowest BCUT2D eigenvalue weighted by Gasteiger charge is -2.14. The number of ether oxygens (including phenoxy) is 2. The Kier molecular flexibility index (Phi) is 5.93. The average Bonchev–Trinajstić information content (AvgIpc) is 3.17. The van der Waals surface area contributed by atoms with E-state index >= 15 is 0 Å². The molecule has 0 atom stereocenters. The van der Waals surface area contributed by atoms with Crippen LogP contribution in [0.3, 0.4) is 0 Å². The van der Waals surface area contributed by atoms with Gasteiger partial charge in [-0.05, 0) is 30.7 Å². The van der Waals surface area contributed by atoms with Crippen LogP contribution in [0.1, 0.15) is 17.0 Å². The number of hydrogen-bond acceptors (Lipinski definition) is 6. The lowest BCUT2D eigenvalue weighted by Crippen LogP contribution is -2.27. The Morgan fingerprint density at radius 3 is 2.46 bits per heavy atom. The highest BCUT2D eigenvalue weighted by Crippen LogP contribution is 2.31. The fourth-order valence-electron chi connectivity index (χ4n) is 2.72. The number of carbonyl (C=O) groups excluding carboxylic acids is 1. The van der Waals surface area contributed by atoms with Crippen molar-refractivity contribution in [2.45, 2.75) is 19.9 Å². The van der Waals surface area contributed by atoms with Gasteiger partial charge in [0.2, 0.25) is 17.6 Å². The van der Waals surface area contributed by atoms with E-state index in [9.17, 15) is 4.79 Å². The maximum atomic E-state index is 12.4. The molecule has 0 radical (unpaired) electrons. The Hall–Kier alpha value is -3.35. The number of benzene rings is 2. The molecule has 0 N–H and O–H groups in total. The normalized spacial score (nSPS) is 10.6. The first-order chi connectivity index (χ1) is 13.5. The van der Waals surface area contributed by atoms with Crippen molar-refractivity contribution >= 4 is 5.91 Å². The Morgan fingerprint density at radius 1 is 1.07 bits per heavy atom. The molecule has 146 valence electrons. The summed E-state index contributed by atoms with van der Waals surface area (Å²) >= 11 is 0. The van der Waals surface area contributed by atoms with Gasteiger partial charge in [0.25, 0.3) is 0 Å². The highest BCUT2D eigenvalue weighted by Gasteiger charge is 2.16. The number of methoxy groups -OCH3 is 2. The summed E-state index contributed by atoms with van der Waals surface area (Å²) in [5, 5.41) is 4.00. The molecule has 0 bridgehead atoms. The van der Waals surface area contributed by atoms with Gasteiger partial charge >= 0.3 is 0 Å². The van der Waals surface area contributed by atoms with Gasteiger partial charge in [-0.15, -0.1) is 0 Å². The molecule has 7 nitrogen and oxygen atoms in total. The summed E-state index contributed by atoms with van der Waals surface area (Å²) in [5.41, 5.74) is 2.87. The van der Waals surface area contributed by atoms with E-state index in [4.69, 9.17) is 14.0 Å². The van der Waals surface area contributed by atoms with Crippen LogP contribution in [0.25, 0.3) is 11.4 Å². The first-order valence-corrected chi connectivity index (χ1v) is 8.84. The first-order valence-electron chi connectivity index (χ1n) is 8.84. The van der Waals surface area contributed by atoms with Crippen LogP contribution in [0.2, 0.25) is 0 Å². The minimum absolute atomic E-state index is 0.0188. The van der Waals surface area contributed by atoms with Gasteiger partial charge in [-0.1, -0.05) is 35.0 Å². The molecule has 3 rings (SSSR count). The predicted molar refractivity (Wildman–Crippen MR) is 104 cm³/mol. The topological polar surface area (TPSA) is 77.7 Å². The van der Waals surface area contributed by atoms with Crippen LogP contribution < -0.4 is 9.47 Å². The van der Waals surface area contributed by atoms with Gasteiger partial charge in [0.1, 0.15) is 0 Å². The molecule has 3 aromatic rings. The SMILES string of the molecule is COc1ccc(-c2noc(CN(C)C(=O)Cc3ccc(C)cc3)n2)cc1OC. The van der Waals surface area contributed by atoms with Crippen molar-refractivity contribution in [2.75, 3.05) is 21.3 Å². The summed E-state index contributed by atoms with van der Waals surface area (Å²) in [5.74, 6) is 1.97. The molecule has 0 aliphatic carbocycles. The maximum Gasteiger partial charge on any atom is 0.246 e. The van der Waals surface area contributed by atoms with E-state index in [1.54, 1.807) is 38.3 Å². The third kappa shape index (κ3) is 4.49. The van der Waals surface area contributed by atoms with Crippen molar-refractivity contribution in [1.82, 2.24) is 15.0 Å². The number of rotatable bonds is 7. The highest BCUT2D eigenvalue weighted by molar-refractivity contribution is 5.78. The third-order valence-corrected chi connectivity index (χ3v) is 4.38. The van der Waals surface area contributed by atoms with Crippen molar-refractivity contribution in [3.8, 4) is 22.9 Å². The van der Waals surface area contributed by atoms with Crippen LogP contribution in [0.5, 0.6) is 11.5 Å². The van der Waals surface area contributed by atoms with Crippen LogP contribution in [0, 0.1) is 6.92 Å². The fraction of sp³-hybridized carbons (Fsp3) is 0.286. The van der Waals surface area contributed by atoms with Gasteiger partial charge in [-0.3, -0.25) is 4.79 Å².